The highest BCUT2D eigenvalue weighted by Gasteiger charge is 2.22. The predicted octanol–water partition coefficient (Wildman–Crippen LogP) is 2.64. The van der Waals surface area contributed by atoms with E-state index in [1.807, 2.05) is 6.92 Å². The smallest absolute Gasteiger partial charge is 0.274 e. The van der Waals surface area contributed by atoms with Crippen molar-refractivity contribution in [2.45, 2.75) is 51.7 Å². The standard InChI is InChI=1S/C23H26F2N8O2/c1-12(32(4)21(34)16-8-9-17(30-29-16)23(2,3)35)6-5-7-18-27-20-14-10-13(24)11-15(25)19(14)28-22(26)33(20)31-18/h8-12,35H,5-7H2,1-4H3,(H2,26,28)/t12-/m0/s1. The number of nitrogen functional groups attached to an aromatic ring is 1. The topological polar surface area (TPSA) is 135 Å². The van der Waals surface area contributed by atoms with Crippen molar-refractivity contribution in [3.8, 4) is 0 Å². The summed E-state index contributed by atoms with van der Waals surface area (Å²) in [5, 5.41) is 22.4. The van der Waals surface area contributed by atoms with Crippen molar-refractivity contribution in [3.05, 3.63) is 53.1 Å². The third-order valence-corrected chi connectivity index (χ3v) is 5.88. The highest BCUT2D eigenvalue weighted by molar-refractivity contribution is 5.93. The van der Waals surface area contributed by atoms with Crippen LogP contribution < -0.4 is 5.73 Å². The van der Waals surface area contributed by atoms with Gasteiger partial charge in [0, 0.05) is 25.6 Å². The molecule has 4 aromatic rings. The summed E-state index contributed by atoms with van der Waals surface area (Å²) in [5.41, 5.74) is 5.48. The first-order valence-corrected chi connectivity index (χ1v) is 11.1. The lowest BCUT2D eigenvalue weighted by molar-refractivity contribution is 0.0696. The van der Waals surface area contributed by atoms with Crippen molar-refractivity contribution < 1.29 is 18.7 Å². The van der Waals surface area contributed by atoms with E-state index in [-0.39, 0.29) is 40.1 Å². The lowest BCUT2D eigenvalue weighted by atomic mass is 10.1. The van der Waals surface area contributed by atoms with Crippen LogP contribution in [0, 0.1) is 11.6 Å². The van der Waals surface area contributed by atoms with E-state index in [1.54, 1.807) is 37.9 Å². The zero-order valence-corrected chi connectivity index (χ0v) is 19.8. The molecule has 0 aliphatic carbocycles. The molecule has 12 heteroatoms. The fourth-order valence-electron chi connectivity index (χ4n) is 3.71. The van der Waals surface area contributed by atoms with Gasteiger partial charge in [0.2, 0.25) is 5.95 Å². The molecule has 3 N–H and O–H groups in total. The Kier molecular flexibility index (Phi) is 6.32. The van der Waals surface area contributed by atoms with Crippen LogP contribution >= 0.6 is 0 Å². The van der Waals surface area contributed by atoms with Crippen LogP contribution in [0.1, 0.15) is 55.6 Å². The van der Waals surface area contributed by atoms with Crippen LogP contribution in [0.25, 0.3) is 16.6 Å². The molecular formula is C23H26F2N8O2. The van der Waals surface area contributed by atoms with Gasteiger partial charge < -0.3 is 15.7 Å². The van der Waals surface area contributed by atoms with Gasteiger partial charge in [-0.05, 0) is 51.8 Å². The van der Waals surface area contributed by atoms with E-state index in [2.05, 4.69) is 25.3 Å². The minimum Gasteiger partial charge on any atom is -0.384 e. The third-order valence-electron chi connectivity index (χ3n) is 5.88. The molecule has 0 aliphatic heterocycles. The summed E-state index contributed by atoms with van der Waals surface area (Å²) >= 11 is 0. The summed E-state index contributed by atoms with van der Waals surface area (Å²) in [6.45, 7) is 5.09. The van der Waals surface area contributed by atoms with Crippen LogP contribution in [-0.4, -0.2) is 58.8 Å². The van der Waals surface area contributed by atoms with E-state index in [9.17, 15) is 18.7 Å². The Balaban J connectivity index is 1.43. The Morgan fingerprint density at radius 2 is 1.97 bits per heavy atom. The van der Waals surface area contributed by atoms with Crippen molar-refractivity contribution in [2.75, 3.05) is 12.8 Å². The molecule has 0 unspecified atom stereocenters. The van der Waals surface area contributed by atoms with Gasteiger partial charge in [0.1, 0.15) is 16.9 Å². The fourth-order valence-corrected chi connectivity index (χ4v) is 3.71. The number of anilines is 1. The number of aromatic nitrogens is 6. The Hall–Kier alpha value is -3.80. The highest BCUT2D eigenvalue weighted by Crippen LogP contribution is 2.24. The van der Waals surface area contributed by atoms with Gasteiger partial charge in [-0.2, -0.15) is 9.61 Å². The van der Waals surface area contributed by atoms with E-state index in [1.165, 1.54) is 4.52 Å². The normalized spacial score (nSPS) is 12.9. The summed E-state index contributed by atoms with van der Waals surface area (Å²) < 4.78 is 29.1. The Morgan fingerprint density at radius 1 is 1.23 bits per heavy atom. The van der Waals surface area contributed by atoms with Crippen molar-refractivity contribution >= 4 is 28.4 Å². The molecule has 0 fully saturated rings. The van der Waals surface area contributed by atoms with Gasteiger partial charge in [0.05, 0.1) is 11.1 Å². The highest BCUT2D eigenvalue weighted by atomic mass is 19.1. The number of nitrogens with zero attached hydrogens (tertiary/aromatic N) is 7. The van der Waals surface area contributed by atoms with Crippen LogP contribution in [0.4, 0.5) is 14.7 Å². The minimum atomic E-state index is -1.14. The molecule has 4 rings (SSSR count). The molecule has 0 saturated carbocycles. The van der Waals surface area contributed by atoms with E-state index in [4.69, 9.17) is 5.73 Å². The van der Waals surface area contributed by atoms with Crippen LogP contribution in [0.15, 0.2) is 24.3 Å². The SMILES string of the molecule is C[C@@H](CCCc1nc2c3cc(F)cc(F)c3nc(N)n2n1)N(C)C(=O)c1ccc(C(C)(C)O)nn1. The van der Waals surface area contributed by atoms with Gasteiger partial charge >= 0.3 is 0 Å². The molecular weight excluding hydrogens is 458 g/mol. The molecule has 0 spiro atoms. The monoisotopic (exact) mass is 484 g/mol. The van der Waals surface area contributed by atoms with Gasteiger partial charge in [-0.25, -0.2) is 18.7 Å². The maximum absolute atomic E-state index is 14.1. The molecule has 0 saturated heterocycles. The summed E-state index contributed by atoms with van der Waals surface area (Å²) in [6, 6.07) is 4.90. The number of carbonyl (C=O) groups is 1. The van der Waals surface area contributed by atoms with E-state index in [0.717, 1.165) is 12.1 Å². The Labute approximate surface area is 199 Å². The second kappa shape index (κ2) is 9.10. The maximum Gasteiger partial charge on any atom is 0.274 e. The first-order valence-electron chi connectivity index (χ1n) is 11.1. The van der Waals surface area contributed by atoms with Crippen LogP contribution in [0.3, 0.4) is 0 Å². The lowest BCUT2D eigenvalue weighted by Gasteiger charge is -2.24. The Morgan fingerprint density at radius 3 is 2.63 bits per heavy atom. The molecule has 0 bridgehead atoms. The summed E-state index contributed by atoms with van der Waals surface area (Å²) in [4.78, 5) is 22.7. The maximum atomic E-state index is 14.1. The van der Waals surface area contributed by atoms with Gasteiger partial charge in [0.25, 0.3) is 5.91 Å². The molecule has 1 amide bonds. The van der Waals surface area contributed by atoms with Crippen molar-refractivity contribution in [1.82, 2.24) is 34.7 Å². The molecule has 3 heterocycles. The van der Waals surface area contributed by atoms with Crippen LogP contribution in [0.2, 0.25) is 0 Å². The first-order chi connectivity index (χ1) is 16.5. The van der Waals surface area contributed by atoms with E-state index < -0.39 is 17.2 Å². The van der Waals surface area contributed by atoms with E-state index in [0.29, 0.717) is 30.8 Å². The van der Waals surface area contributed by atoms with Crippen LogP contribution in [0.5, 0.6) is 0 Å². The number of aryl methyl sites for hydroxylation is 1. The van der Waals surface area contributed by atoms with Gasteiger partial charge in [-0.1, -0.05) is 0 Å². The molecule has 35 heavy (non-hydrogen) atoms. The first kappa shape index (κ1) is 24.3. The number of nitrogens with two attached hydrogens (primary N) is 1. The number of fused-ring (bicyclic) bond motifs is 3. The molecule has 0 radical (unpaired) electrons. The molecule has 184 valence electrons. The summed E-state index contributed by atoms with van der Waals surface area (Å²) in [6.07, 6.45) is 1.75. The zero-order valence-electron chi connectivity index (χ0n) is 19.8. The predicted molar refractivity (Wildman–Crippen MR) is 124 cm³/mol. The lowest BCUT2D eigenvalue weighted by Crippen LogP contribution is -2.36. The minimum absolute atomic E-state index is 0.0489. The number of hydrogen-bond donors (Lipinski definition) is 2. The number of benzene rings is 1. The molecule has 10 nitrogen and oxygen atoms in total. The van der Waals surface area contributed by atoms with Gasteiger partial charge in [-0.15, -0.1) is 10.2 Å². The summed E-state index contributed by atoms with van der Waals surface area (Å²) in [5.74, 6) is -1.45. The zero-order chi connectivity index (χ0) is 25.5. The van der Waals surface area contributed by atoms with E-state index >= 15 is 0 Å². The van der Waals surface area contributed by atoms with Gasteiger partial charge in [0.15, 0.2) is 23.0 Å². The third kappa shape index (κ3) is 4.87. The number of amides is 1. The number of carbonyl (C=O) groups excluding carboxylic acids is 1. The molecule has 1 aromatic carbocycles. The molecule has 3 aromatic heterocycles. The second-order valence-corrected chi connectivity index (χ2v) is 9.04. The van der Waals surface area contributed by atoms with Crippen molar-refractivity contribution in [1.29, 1.82) is 0 Å². The average molecular weight is 485 g/mol. The average Bonchev–Trinajstić information content (AvgIpc) is 3.23. The summed E-state index contributed by atoms with van der Waals surface area (Å²) in [7, 11) is 1.68. The van der Waals surface area contributed by atoms with Crippen molar-refractivity contribution in [3.63, 3.8) is 0 Å². The largest absolute Gasteiger partial charge is 0.384 e. The fraction of sp³-hybridized carbons (Fsp3) is 0.391. The molecule has 0 aliphatic rings. The Bertz CT molecular complexity index is 1400. The van der Waals surface area contributed by atoms with Crippen molar-refractivity contribution in [2.24, 2.45) is 0 Å². The number of aliphatic hydroxyl groups is 1. The van der Waals surface area contributed by atoms with Crippen LogP contribution in [-0.2, 0) is 12.0 Å². The number of rotatable bonds is 7. The molecule has 1 atom stereocenters. The number of halogens is 2. The second-order valence-electron chi connectivity index (χ2n) is 9.04. The van der Waals surface area contributed by atoms with Gasteiger partial charge in [-0.3, -0.25) is 4.79 Å². The quantitative estimate of drug-likeness (QED) is 0.409. The number of hydrogen-bond acceptors (Lipinski definition) is 8.